The van der Waals surface area contributed by atoms with Gasteiger partial charge >= 0.3 is 6.18 Å². The summed E-state index contributed by atoms with van der Waals surface area (Å²) in [5.41, 5.74) is -2.31. The van der Waals surface area contributed by atoms with Gasteiger partial charge < -0.3 is 0 Å². The Morgan fingerprint density at radius 3 is 2.29 bits per heavy atom. The van der Waals surface area contributed by atoms with Crippen molar-refractivity contribution < 1.29 is 18.0 Å². The fraction of sp³-hybridized carbons (Fsp3) is 0.667. The van der Waals surface area contributed by atoms with E-state index in [1.54, 1.807) is 6.08 Å². The Labute approximate surface area is 83.9 Å². The summed E-state index contributed by atoms with van der Waals surface area (Å²) < 4.78 is 38.4. The highest BCUT2D eigenvalue weighted by molar-refractivity contribution is 6.65. The third-order valence-corrected chi connectivity index (χ3v) is 3.58. The average molecular weight is 225 g/mol. The first-order valence-corrected chi connectivity index (χ1v) is 4.70. The normalized spacial score (nSPS) is 40.6. The first kappa shape index (κ1) is 10.0. The number of allylic oxidation sites excluding steroid dienone is 2. The van der Waals surface area contributed by atoms with E-state index in [2.05, 4.69) is 0 Å². The maximum atomic E-state index is 12.8. The second-order valence-corrected chi connectivity index (χ2v) is 4.28. The molecule has 1 nitrogen and oxygen atoms in total. The molecule has 2 rings (SSSR count). The minimum atomic E-state index is -4.53. The maximum Gasteiger partial charge on any atom is 0.403 e. The van der Waals surface area contributed by atoms with Gasteiger partial charge in [-0.05, 0) is 36.3 Å². The molecule has 0 aliphatic heterocycles. The standard InChI is InChI=1S/C9H8ClF3O/c10-7(14)8(9(11,12)13)4-5-1-2-6(8)3-5/h1-2,5-6H,3-4H2. The highest BCUT2D eigenvalue weighted by Gasteiger charge is 2.67. The Morgan fingerprint density at radius 1 is 1.43 bits per heavy atom. The lowest BCUT2D eigenvalue weighted by atomic mass is 9.76. The van der Waals surface area contributed by atoms with Crippen LogP contribution in [0.2, 0.25) is 0 Å². The maximum absolute atomic E-state index is 12.8. The molecule has 0 saturated heterocycles. The molecule has 3 unspecified atom stereocenters. The molecule has 3 atom stereocenters. The summed E-state index contributed by atoms with van der Waals surface area (Å²) in [6.07, 6.45) is -1.09. The van der Waals surface area contributed by atoms with E-state index in [4.69, 9.17) is 11.6 Å². The molecule has 2 aliphatic rings. The summed E-state index contributed by atoms with van der Waals surface area (Å²) >= 11 is 5.13. The molecule has 0 heterocycles. The second-order valence-electron chi connectivity index (χ2n) is 3.93. The van der Waals surface area contributed by atoms with E-state index in [9.17, 15) is 18.0 Å². The molecule has 2 aliphatic carbocycles. The molecular weight excluding hydrogens is 217 g/mol. The number of fused-ring (bicyclic) bond motifs is 2. The first-order valence-electron chi connectivity index (χ1n) is 4.33. The molecule has 0 spiro atoms. The van der Waals surface area contributed by atoms with Gasteiger partial charge in [-0.2, -0.15) is 13.2 Å². The molecule has 78 valence electrons. The van der Waals surface area contributed by atoms with Crippen LogP contribution in [0.25, 0.3) is 0 Å². The molecule has 0 N–H and O–H groups in total. The molecule has 2 bridgehead atoms. The molecule has 14 heavy (non-hydrogen) atoms. The second kappa shape index (κ2) is 2.75. The monoisotopic (exact) mass is 224 g/mol. The molecule has 5 heteroatoms. The quantitative estimate of drug-likeness (QED) is 0.494. The van der Waals surface area contributed by atoms with Crippen LogP contribution in [0.15, 0.2) is 12.2 Å². The van der Waals surface area contributed by atoms with Crippen molar-refractivity contribution in [2.45, 2.75) is 19.0 Å². The Hall–Kier alpha value is -0.510. The van der Waals surface area contributed by atoms with Gasteiger partial charge in [0.1, 0.15) is 5.41 Å². The van der Waals surface area contributed by atoms with Crippen molar-refractivity contribution in [3.63, 3.8) is 0 Å². The van der Waals surface area contributed by atoms with Crippen LogP contribution >= 0.6 is 11.6 Å². The van der Waals surface area contributed by atoms with E-state index in [0.717, 1.165) is 0 Å². The van der Waals surface area contributed by atoms with Gasteiger partial charge in [-0.15, -0.1) is 0 Å². The number of hydrogen-bond acceptors (Lipinski definition) is 1. The van der Waals surface area contributed by atoms with Gasteiger partial charge in [-0.3, -0.25) is 4.79 Å². The Kier molecular flexibility index (Phi) is 1.97. The Balaban J connectivity index is 2.44. The van der Waals surface area contributed by atoms with Crippen molar-refractivity contribution in [1.82, 2.24) is 0 Å². The van der Waals surface area contributed by atoms with Gasteiger partial charge in [0.15, 0.2) is 0 Å². The van der Waals surface area contributed by atoms with Crippen LogP contribution in [0.1, 0.15) is 12.8 Å². The Morgan fingerprint density at radius 2 is 2.07 bits per heavy atom. The lowest BCUT2D eigenvalue weighted by Gasteiger charge is -2.33. The predicted octanol–water partition coefficient (Wildman–Crippen LogP) is 2.90. The molecule has 0 radical (unpaired) electrons. The molecular formula is C9H8ClF3O. The largest absolute Gasteiger partial charge is 0.403 e. The third-order valence-electron chi connectivity index (χ3n) is 3.25. The fourth-order valence-corrected chi connectivity index (χ4v) is 2.84. The zero-order valence-corrected chi connectivity index (χ0v) is 7.90. The van der Waals surface area contributed by atoms with Gasteiger partial charge in [0.05, 0.1) is 0 Å². The molecule has 0 aromatic rings. The summed E-state index contributed by atoms with van der Waals surface area (Å²) in [6.45, 7) is 0. The summed E-state index contributed by atoms with van der Waals surface area (Å²) in [5.74, 6) is -0.887. The summed E-state index contributed by atoms with van der Waals surface area (Å²) in [4.78, 5) is 11.0. The van der Waals surface area contributed by atoms with Gasteiger partial charge in [0.25, 0.3) is 0 Å². The lowest BCUT2D eigenvalue weighted by Crippen LogP contribution is -2.46. The van der Waals surface area contributed by atoms with E-state index in [-0.39, 0.29) is 12.3 Å². The zero-order valence-electron chi connectivity index (χ0n) is 7.14. The van der Waals surface area contributed by atoms with Crippen LogP contribution in [0.4, 0.5) is 13.2 Å². The fourth-order valence-electron chi connectivity index (χ4n) is 2.52. The van der Waals surface area contributed by atoms with Crippen LogP contribution in [-0.2, 0) is 4.79 Å². The molecule has 0 aromatic heterocycles. The van der Waals surface area contributed by atoms with Crippen LogP contribution in [0, 0.1) is 17.3 Å². The van der Waals surface area contributed by atoms with E-state index >= 15 is 0 Å². The van der Waals surface area contributed by atoms with E-state index in [1.807, 2.05) is 0 Å². The van der Waals surface area contributed by atoms with Gasteiger partial charge in [-0.25, -0.2) is 0 Å². The van der Waals surface area contributed by atoms with Gasteiger partial charge in [0.2, 0.25) is 5.24 Å². The zero-order chi connectivity index (χ0) is 10.6. The number of rotatable bonds is 1. The van der Waals surface area contributed by atoms with Crippen molar-refractivity contribution >= 4 is 16.8 Å². The first-order chi connectivity index (χ1) is 6.38. The third kappa shape index (κ3) is 1.06. The summed E-state index contributed by atoms with van der Waals surface area (Å²) in [5, 5.41) is -1.26. The van der Waals surface area contributed by atoms with Crippen molar-refractivity contribution in [2.24, 2.45) is 17.3 Å². The number of alkyl halides is 3. The van der Waals surface area contributed by atoms with Crippen molar-refractivity contribution in [3.05, 3.63) is 12.2 Å². The van der Waals surface area contributed by atoms with Crippen molar-refractivity contribution in [3.8, 4) is 0 Å². The van der Waals surface area contributed by atoms with E-state index < -0.39 is 22.8 Å². The minimum absolute atomic E-state index is 0.135. The summed E-state index contributed by atoms with van der Waals surface area (Å²) in [6, 6.07) is 0. The molecule has 1 fully saturated rings. The lowest BCUT2D eigenvalue weighted by molar-refractivity contribution is -0.223. The smallest absolute Gasteiger partial charge is 0.280 e. The SMILES string of the molecule is O=C(Cl)C1(C(F)(F)F)CC2C=CC1C2. The molecule has 1 saturated carbocycles. The topological polar surface area (TPSA) is 17.1 Å². The van der Waals surface area contributed by atoms with Crippen molar-refractivity contribution in [2.75, 3.05) is 0 Å². The highest BCUT2D eigenvalue weighted by Crippen LogP contribution is 2.60. The molecule has 0 amide bonds. The van der Waals surface area contributed by atoms with E-state index in [0.29, 0.717) is 6.42 Å². The van der Waals surface area contributed by atoms with Crippen molar-refractivity contribution in [1.29, 1.82) is 0 Å². The number of hydrogen-bond donors (Lipinski definition) is 0. The average Bonchev–Trinajstić information content (AvgIpc) is 2.59. The van der Waals surface area contributed by atoms with Crippen LogP contribution in [-0.4, -0.2) is 11.4 Å². The Bertz CT molecular complexity index is 310. The number of carbonyl (C=O) groups is 1. The van der Waals surface area contributed by atoms with E-state index in [1.165, 1.54) is 6.08 Å². The predicted molar refractivity (Wildman–Crippen MR) is 44.7 cm³/mol. The highest BCUT2D eigenvalue weighted by atomic mass is 35.5. The van der Waals surface area contributed by atoms with Crippen LogP contribution in [0.3, 0.4) is 0 Å². The van der Waals surface area contributed by atoms with Gasteiger partial charge in [-0.1, -0.05) is 12.2 Å². The van der Waals surface area contributed by atoms with Gasteiger partial charge in [0, 0.05) is 0 Å². The number of carbonyl (C=O) groups excluding carboxylic acids is 1. The number of halogens is 4. The van der Waals surface area contributed by atoms with Crippen LogP contribution in [0.5, 0.6) is 0 Å². The van der Waals surface area contributed by atoms with Crippen LogP contribution < -0.4 is 0 Å². The minimum Gasteiger partial charge on any atom is -0.280 e. The summed E-state index contributed by atoms with van der Waals surface area (Å²) in [7, 11) is 0. The molecule has 0 aromatic carbocycles.